The summed E-state index contributed by atoms with van der Waals surface area (Å²) in [6, 6.07) is 3.94. The van der Waals surface area contributed by atoms with Gasteiger partial charge in [0.2, 0.25) is 5.91 Å². The molecule has 0 aliphatic carbocycles. The lowest BCUT2D eigenvalue weighted by Gasteiger charge is -2.06. The summed E-state index contributed by atoms with van der Waals surface area (Å²) in [5, 5.41) is 2.78. The van der Waals surface area contributed by atoms with Gasteiger partial charge in [0.25, 0.3) is 0 Å². The number of aromatic nitrogens is 1. The highest BCUT2D eigenvalue weighted by Crippen LogP contribution is 1.94. The average Bonchev–Trinajstić information content (AvgIpc) is 2.85. The van der Waals surface area contributed by atoms with Gasteiger partial charge in [-0.3, -0.25) is 9.59 Å². The van der Waals surface area contributed by atoms with Gasteiger partial charge in [-0.25, -0.2) is 0 Å². The first-order valence-corrected chi connectivity index (χ1v) is 6.25. The van der Waals surface area contributed by atoms with Gasteiger partial charge in [0.15, 0.2) is 0 Å². The molecule has 1 rings (SSSR count). The van der Waals surface area contributed by atoms with E-state index < -0.39 is 0 Å². The number of hydrogen-bond acceptors (Lipinski definition) is 3. The van der Waals surface area contributed by atoms with Gasteiger partial charge in [0.1, 0.15) is 0 Å². The maximum Gasteiger partial charge on any atom is 0.306 e. The summed E-state index contributed by atoms with van der Waals surface area (Å²) in [6.07, 6.45) is 5.20. The molecule has 0 aromatic carbocycles. The molecular formula is C13H20N2O3. The highest BCUT2D eigenvalue weighted by Gasteiger charge is 2.06. The van der Waals surface area contributed by atoms with Crippen LogP contribution in [0.2, 0.25) is 0 Å². The molecule has 1 aromatic heterocycles. The lowest BCUT2D eigenvalue weighted by molar-refractivity contribution is -0.144. The first-order chi connectivity index (χ1) is 8.72. The second-order valence-corrected chi connectivity index (χ2v) is 3.93. The number of aryl methyl sites for hydroxylation is 1. The van der Waals surface area contributed by atoms with Crippen LogP contribution in [-0.4, -0.2) is 29.6 Å². The Morgan fingerprint density at radius 3 is 2.61 bits per heavy atom. The molecule has 0 radical (unpaired) electrons. The van der Waals surface area contributed by atoms with Crippen molar-refractivity contribution in [3.05, 3.63) is 24.5 Å². The van der Waals surface area contributed by atoms with Gasteiger partial charge in [-0.2, -0.15) is 0 Å². The number of hydrogen-bond donors (Lipinski definition) is 1. The van der Waals surface area contributed by atoms with Crippen molar-refractivity contribution in [3.8, 4) is 0 Å². The molecule has 5 heteroatoms. The molecule has 1 heterocycles. The molecular weight excluding hydrogens is 232 g/mol. The number of carbonyl (C=O) groups is 2. The quantitative estimate of drug-likeness (QED) is 0.561. The van der Waals surface area contributed by atoms with Crippen LogP contribution < -0.4 is 5.32 Å². The fourth-order valence-electron chi connectivity index (χ4n) is 1.55. The predicted molar refractivity (Wildman–Crippen MR) is 67.9 cm³/mol. The Morgan fingerprint density at radius 2 is 1.94 bits per heavy atom. The van der Waals surface area contributed by atoms with Crippen molar-refractivity contribution in [2.75, 3.05) is 13.2 Å². The van der Waals surface area contributed by atoms with E-state index in [1.54, 1.807) is 6.92 Å². The molecule has 0 aliphatic heterocycles. The van der Waals surface area contributed by atoms with E-state index in [0.29, 0.717) is 13.2 Å². The van der Waals surface area contributed by atoms with Crippen molar-refractivity contribution >= 4 is 11.9 Å². The van der Waals surface area contributed by atoms with Crippen LogP contribution in [0.3, 0.4) is 0 Å². The second-order valence-electron chi connectivity index (χ2n) is 3.93. The predicted octanol–water partition coefficient (Wildman–Crippen LogP) is 1.34. The molecule has 0 fully saturated rings. The summed E-state index contributed by atoms with van der Waals surface area (Å²) in [4.78, 5) is 22.4. The number of amides is 1. The van der Waals surface area contributed by atoms with Crippen LogP contribution in [0.25, 0.3) is 0 Å². The van der Waals surface area contributed by atoms with Gasteiger partial charge in [-0.05, 0) is 25.5 Å². The first kappa shape index (κ1) is 14.3. The number of ether oxygens (including phenoxy) is 1. The van der Waals surface area contributed by atoms with E-state index in [9.17, 15) is 9.59 Å². The molecule has 1 N–H and O–H groups in total. The number of carbonyl (C=O) groups excluding carboxylic acids is 2. The Labute approximate surface area is 107 Å². The number of rotatable bonds is 8. The maximum atomic E-state index is 11.4. The Hall–Kier alpha value is -1.78. The minimum absolute atomic E-state index is 0.101. The van der Waals surface area contributed by atoms with Crippen molar-refractivity contribution in [2.45, 2.75) is 32.7 Å². The van der Waals surface area contributed by atoms with E-state index in [4.69, 9.17) is 4.74 Å². The van der Waals surface area contributed by atoms with Crippen LogP contribution >= 0.6 is 0 Å². The molecule has 5 nitrogen and oxygen atoms in total. The summed E-state index contributed by atoms with van der Waals surface area (Å²) in [5.74, 6) is -0.421. The van der Waals surface area contributed by atoms with E-state index in [1.165, 1.54) is 0 Å². The number of nitrogens with zero attached hydrogens (tertiary/aromatic N) is 1. The van der Waals surface area contributed by atoms with Crippen molar-refractivity contribution in [2.24, 2.45) is 0 Å². The van der Waals surface area contributed by atoms with Crippen molar-refractivity contribution in [1.29, 1.82) is 0 Å². The van der Waals surface area contributed by atoms with Crippen LogP contribution in [-0.2, 0) is 20.9 Å². The zero-order valence-electron chi connectivity index (χ0n) is 10.7. The zero-order valence-corrected chi connectivity index (χ0v) is 10.7. The fourth-order valence-corrected chi connectivity index (χ4v) is 1.55. The molecule has 0 unspecified atom stereocenters. The third-order valence-corrected chi connectivity index (χ3v) is 2.44. The van der Waals surface area contributed by atoms with E-state index >= 15 is 0 Å². The number of esters is 1. The van der Waals surface area contributed by atoms with Crippen molar-refractivity contribution in [3.63, 3.8) is 0 Å². The zero-order chi connectivity index (χ0) is 13.2. The van der Waals surface area contributed by atoms with E-state index in [-0.39, 0.29) is 24.7 Å². The second kappa shape index (κ2) is 8.33. The molecule has 0 saturated heterocycles. The van der Waals surface area contributed by atoms with Gasteiger partial charge in [0, 0.05) is 31.9 Å². The normalized spacial score (nSPS) is 10.1. The van der Waals surface area contributed by atoms with Crippen LogP contribution in [0.15, 0.2) is 24.5 Å². The SMILES string of the molecule is CCOC(=O)CCC(=O)NCCCn1cccc1. The molecule has 18 heavy (non-hydrogen) atoms. The Bertz CT molecular complexity index is 360. The molecule has 100 valence electrons. The Morgan fingerprint density at radius 1 is 1.22 bits per heavy atom. The third-order valence-electron chi connectivity index (χ3n) is 2.44. The molecule has 1 aromatic rings. The Balaban J connectivity index is 2.01. The van der Waals surface area contributed by atoms with Gasteiger partial charge in [-0.1, -0.05) is 0 Å². The van der Waals surface area contributed by atoms with Gasteiger partial charge in [0.05, 0.1) is 13.0 Å². The van der Waals surface area contributed by atoms with Crippen molar-refractivity contribution in [1.82, 2.24) is 9.88 Å². The van der Waals surface area contributed by atoms with E-state index in [1.807, 2.05) is 24.5 Å². The standard InChI is InChI=1S/C13H20N2O3/c1-2-18-13(17)7-6-12(16)14-8-5-11-15-9-3-4-10-15/h3-4,9-10H,2,5-8,11H2,1H3,(H,14,16). The van der Waals surface area contributed by atoms with Crippen LogP contribution in [0.5, 0.6) is 0 Å². The average molecular weight is 252 g/mol. The molecule has 0 aliphatic rings. The monoisotopic (exact) mass is 252 g/mol. The molecule has 0 saturated carbocycles. The van der Waals surface area contributed by atoms with Gasteiger partial charge >= 0.3 is 5.97 Å². The summed E-state index contributed by atoms with van der Waals surface area (Å²) in [5.41, 5.74) is 0. The molecule has 0 atom stereocenters. The largest absolute Gasteiger partial charge is 0.466 e. The Kier molecular flexibility index (Phi) is 6.61. The van der Waals surface area contributed by atoms with Gasteiger partial charge < -0.3 is 14.6 Å². The minimum atomic E-state index is -0.319. The summed E-state index contributed by atoms with van der Waals surface area (Å²) < 4.78 is 6.80. The summed E-state index contributed by atoms with van der Waals surface area (Å²) in [6.45, 7) is 3.61. The molecule has 1 amide bonds. The maximum absolute atomic E-state index is 11.4. The first-order valence-electron chi connectivity index (χ1n) is 6.25. The van der Waals surface area contributed by atoms with E-state index in [2.05, 4.69) is 9.88 Å². The van der Waals surface area contributed by atoms with E-state index in [0.717, 1.165) is 13.0 Å². The lowest BCUT2D eigenvalue weighted by atomic mass is 10.3. The molecule has 0 bridgehead atoms. The third kappa shape index (κ3) is 6.08. The minimum Gasteiger partial charge on any atom is -0.466 e. The van der Waals surface area contributed by atoms with Crippen LogP contribution in [0.4, 0.5) is 0 Å². The lowest BCUT2D eigenvalue weighted by Crippen LogP contribution is -2.25. The van der Waals surface area contributed by atoms with Crippen molar-refractivity contribution < 1.29 is 14.3 Å². The molecule has 0 spiro atoms. The van der Waals surface area contributed by atoms with Gasteiger partial charge in [-0.15, -0.1) is 0 Å². The fraction of sp³-hybridized carbons (Fsp3) is 0.538. The smallest absolute Gasteiger partial charge is 0.306 e. The highest BCUT2D eigenvalue weighted by molar-refractivity contribution is 5.81. The summed E-state index contributed by atoms with van der Waals surface area (Å²) >= 11 is 0. The highest BCUT2D eigenvalue weighted by atomic mass is 16.5. The van der Waals surface area contributed by atoms with Crippen LogP contribution in [0.1, 0.15) is 26.2 Å². The topological polar surface area (TPSA) is 60.3 Å². The number of nitrogens with one attached hydrogen (secondary N) is 1. The summed E-state index contributed by atoms with van der Waals surface area (Å²) in [7, 11) is 0. The van der Waals surface area contributed by atoms with Crippen LogP contribution in [0, 0.1) is 0 Å².